The highest BCUT2D eigenvalue weighted by molar-refractivity contribution is 6.11. The number of carbonyl (C=O) groups excluding carboxylic acids is 3. The van der Waals surface area contributed by atoms with E-state index in [-0.39, 0.29) is 30.9 Å². The Bertz CT molecular complexity index is 762. The molecule has 7 heteroatoms. The second kappa shape index (κ2) is 5.75. The van der Waals surface area contributed by atoms with E-state index in [4.69, 9.17) is 9.47 Å². The molecule has 1 aromatic carbocycles. The van der Waals surface area contributed by atoms with Gasteiger partial charge in [-0.05, 0) is 37.0 Å². The molecule has 2 atom stereocenters. The Labute approximate surface area is 145 Å². The van der Waals surface area contributed by atoms with Gasteiger partial charge >= 0.3 is 6.03 Å². The average Bonchev–Trinajstić information content (AvgIpc) is 3.16. The van der Waals surface area contributed by atoms with Crippen molar-refractivity contribution in [2.75, 3.05) is 13.3 Å². The van der Waals surface area contributed by atoms with Crippen LogP contribution in [0.2, 0.25) is 0 Å². The smallest absolute Gasteiger partial charge is 0.325 e. The molecule has 1 aliphatic carbocycles. The Hall–Kier alpha value is -2.57. The lowest BCUT2D eigenvalue weighted by Gasteiger charge is -2.36. The van der Waals surface area contributed by atoms with Crippen molar-refractivity contribution in [2.45, 2.75) is 38.1 Å². The number of imide groups is 1. The minimum absolute atomic E-state index is 0.0725. The van der Waals surface area contributed by atoms with Gasteiger partial charge in [0.15, 0.2) is 17.3 Å². The highest BCUT2D eigenvalue weighted by atomic mass is 16.7. The van der Waals surface area contributed by atoms with Crippen LogP contribution in [-0.4, -0.2) is 41.5 Å². The molecule has 3 aliphatic rings. The lowest BCUT2D eigenvalue weighted by Crippen LogP contribution is -2.54. The molecule has 2 heterocycles. The highest BCUT2D eigenvalue weighted by Gasteiger charge is 2.55. The van der Waals surface area contributed by atoms with Gasteiger partial charge in [0, 0.05) is 5.56 Å². The molecule has 2 fully saturated rings. The molecule has 7 nitrogen and oxygen atoms in total. The summed E-state index contributed by atoms with van der Waals surface area (Å²) >= 11 is 0. The van der Waals surface area contributed by atoms with Crippen molar-refractivity contribution in [1.29, 1.82) is 0 Å². The van der Waals surface area contributed by atoms with Crippen LogP contribution in [-0.2, 0) is 4.79 Å². The SMILES string of the molecule is C[C@@H]1CCCC[C@@]12NC(=O)N(CC(=O)c1ccc3c(c1)OCO3)C2=O. The van der Waals surface area contributed by atoms with Crippen LogP contribution in [0.15, 0.2) is 18.2 Å². The first kappa shape index (κ1) is 15.9. The molecule has 1 saturated heterocycles. The second-order valence-corrected chi connectivity index (χ2v) is 6.93. The normalized spacial score (nSPS) is 27.7. The number of amides is 3. The van der Waals surface area contributed by atoms with Crippen molar-refractivity contribution in [1.82, 2.24) is 10.2 Å². The Morgan fingerprint density at radius 1 is 1.28 bits per heavy atom. The van der Waals surface area contributed by atoms with Gasteiger partial charge in [-0.25, -0.2) is 4.79 Å². The van der Waals surface area contributed by atoms with E-state index >= 15 is 0 Å². The van der Waals surface area contributed by atoms with Crippen LogP contribution in [0.3, 0.4) is 0 Å². The monoisotopic (exact) mass is 344 g/mol. The predicted octanol–water partition coefficient (Wildman–Crippen LogP) is 2.10. The Balaban J connectivity index is 1.53. The number of benzene rings is 1. The summed E-state index contributed by atoms with van der Waals surface area (Å²) in [4.78, 5) is 38.9. The molecule has 132 valence electrons. The van der Waals surface area contributed by atoms with Gasteiger partial charge in [0.05, 0.1) is 6.54 Å². The van der Waals surface area contributed by atoms with E-state index in [1.807, 2.05) is 6.92 Å². The van der Waals surface area contributed by atoms with E-state index in [1.54, 1.807) is 18.2 Å². The predicted molar refractivity (Wildman–Crippen MR) is 87.5 cm³/mol. The van der Waals surface area contributed by atoms with Gasteiger partial charge in [-0.3, -0.25) is 14.5 Å². The van der Waals surface area contributed by atoms with Crippen molar-refractivity contribution < 1.29 is 23.9 Å². The summed E-state index contributed by atoms with van der Waals surface area (Å²) in [6.07, 6.45) is 3.49. The van der Waals surface area contributed by atoms with E-state index in [1.165, 1.54) is 0 Å². The van der Waals surface area contributed by atoms with Crippen LogP contribution in [0.25, 0.3) is 0 Å². The van der Waals surface area contributed by atoms with Gasteiger partial charge in [0.2, 0.25) is 6.79 Å². The number of rotatable bonds is 3. The minimum Gasteiger partial charge on any atom is -0.454 e. The zero-order valence-corrected chi connectivity index (χ0v) is 14.0. The van der Waals surface area contributed by atoms with Crippen molar-refractivity contribution in [3.63, 3.8) is 0 Å². The van der Waals surface area contributed by atoms with Crippen LogP contribution < -0.4 is 14.8 Å². The van der Waals surface area contributed by atoms with Crippen LogP contribution in [0.4, 0.5) is 4.79 Å². The van der Waals surface area contributed by atoms with Crippen LogP contribution in [0.1, 0.15) is 43.0 Å². The minimum atomic E-state index is -0.843. The molecule has 1 N–H and O–H groups in total. The molecule has 0 radical (unpaired) electrons. The molecular weight excluding hydrogens is 324 g/mol. The number of ether oxygens (including phenoxy) is 2. The number of nitrogens with one attached hydrogen (secondary N) is 1. The number of Topliss-reactive ketones (excluding diaryl/α,β-unsaturated/α-hetero) is 1. The molecule has 25 heavy (non-hydrogen) atoms. The third-order valence-corrected chi connectivity index (χ3v) is 5.50. The first-order valence-corrected chi connectivity index (χ1v) is 8.58. The first-order valence-electron chi connectivity index (χ1n) is 8.58. The Morgan fingerprint density at radius 3 is 2.88 bits per heavy atom. The highest BCUT2D eigenvalue weighted by Crippen LogP contribution is 2.38. The number of hydrogen-bond acceptors (Lipinski definition) is 5. The van der Waals surface area contributed by atoms with Gasteiger partial charge in [-0.15, -0.1) is 0 Å². The third kappa shape index (κ3) is 2.45. The molecule has 1 spiro atoms. The maximum atomic E-state index is 12.9. The van der Waals surface area contributed by atoms with Crippen molar-refractivity contribution in [3.05, 3.63) is 23.8 Å². The van der Waals surface area contributed by atoms with E-state index in [0.29, 0.717) is 23.5 Å². The van der Waals surface area contributed by atoms with E-state index in [9.17, 15) is 14.4 Å². The topological polar surface area (TPSA) is 84.9 Å². The lowest BCUT2D eigenvalue weighted by atomic mass is 9.73. The number of hydrogen-bond donors (Lipinski definition) is 1. The number of ketones is 1. The summed E-state index contributed by atoms with van der Waals surface area (Å²) in [7, 11) is 0. The number of nitrogens with zero attached hydrogens (tertiary/aromatic N) is 1. The van der Waals surface area contributed by atoms with E-state index < -0.39 is 11.6 Å². The molecule has 1 aromatic rings. The fourth-order valence-electron chi connectivity index (χ4n) is 3.94. The van der Waals surface area contributed by atoms with Crippen LogP contribution >= 0.6 is 0 Å². The molecule has 0 aromatic heterocycles. The molecule has 4 rings (SSSR count). The Morgan fingerprint density at radius 2 is 2.08 bits per heavy atom. The summed E-state index contributed by atoms with van der Waals surface area (Å²) in [6.45, 7) is 1.85. The van der Waals surface area contributed by atoms with E-state index in [2.05, 4.69) is 5.32 Å². The van der Waals surface area contributed by atoms with Crippen molar-refractivity contribution >= 4 is 17.7 Å². The fourth-order valence-corrected chi connectivity index (χ4v) is 3.94. The molecule has 1 saturated carbocycles. The maximum absolute atomic E-state index is 12.9. The number of urea groups is 1. The third-order valence-electron chi connectivity index (χ3n) is 5.50. The van der Waals surface area contributed by atoms with Crippen molar-refractivity contribution in [2.24, 2.45) is 5.92 Å². The van der Waals surface area contributed by atoms with Gasteiger partial charge in [-0.1, -0.05) is 19.8 Å². The van der Waals surface area contributed by atoms with Gasteiger partial charge in [-0.2, -0.15) is 0 Å². The number of fused-ring (bicyclic) bond motifs is 1. The molecule has 0 bridgehead atoms. The summed E-state index contributed by atoms with van der Waals surface area (Å²) in [5, 5.41) is 2.86. The fraction of sp³-hybridized carbons (Fsp3) is 0.500. The van der Waals surface area contributed by atoms with Gasteiger partial charge in [0.1, 0.15) is 5.54 Å². The van der Waals surface area contributed by atoms with E-state index in [0.717, 1.165) is 24.2 Å². The van der Waals surface area contributed by atoms with Gasteiger partial charge < -0.3 is 14.8 Å². The lowest BCUT2D eigenvalue weighted by molar-refractivity contribution is -0.133. The molecule has 2 aliphatic heterocycles. The quantitative estimate of drug-likeness (QED) is 0.670. The molecule has 0 unspecified atom stereocenters. The zero-order valence-electron chi connectivity index (χ0n) is 14.0. The Kier molecular flexibility index (Phi) is 3.67. The summed E-state index contributed by atoms with van der Waals surface area (Å²) in [5.41, 5.74) is -0.452. The standard InChI is InChI=1S/C18H20N2O5/c1-11-4-2-3-7-18(11)16(22)20(17(23)19-18)9-13(21)12-5-6-14-15(8-12)25-10-24-14/h5-6,8,11H,2-4,7,9-10H2,1H3,(H,19,23)/t11-,18-/m1/s1. The maximum Gasteiger partial charge on any atom is 0.325 e. The summed E-state index contributed by atoms with van der Waals surface area (Å²) in [6, 6.07) is 4.38. The average molecular weight is 344 g/mol. The second-order valence-electron chi connectivity index (χ2n) is 6.93. The first-order chi connectivity index (χ1) is 12.0. The zero-order chi connectivity index (χ0) is 17.6. The summed E-state index contributed by atoms with van der Waals surface area (Å²) < 4.78 is 10.5. The molecule has 3 amide bonds. The largest absolute Gasteiger partial charge is 0.454 e. The number of carbonyl (C=O) groups is 3. The van der Waals surface area contributed by atoms with Gasteiger partial charge in [0.25, 0.3) is 5.91 Å². The van der Waals surface area contributed by atoms with Crippen molar-refractivity contribution in [3.8, 4) is 11.5 Å². The molecular formula is C18H20N2O5. The van der Waals surface area contributed by atoms with Crippen LogP contribution in [0.5, 0.6) is 11.5 Å². The summed E-state index contributed by atoms with van der Waals surface area (Å²) in [5.74, 6) is 0.575. The van der Waals surface area contributed by atoms with Crippen LogP contribution in [0, 0.1) is 5.92 Å².